The minimum absolute atomic E-state index is 0.0520. The molecular weight excluding hydrogens is 271 g/mol. The molecule has 1 aliphatic carbocycles. The fourth-order valence-electron chi connectivity index (χ4n) is 1.29. The SMILES string of the molecule is O=C(CCl)OCC1=CC(OC(=O)CCl)CC1=O. The smallest absolute Gasteiger partial charge is 0.321 e. The Labute approximate surface area is 108 Å². The molecule has 0 N–H and O–H groups in total. The summed E-state index contributed by atoms with van der Waals surface area (Å²) in [6.07, 6.45) is 0.878. The summed E-state index contributed by atoms with van der Waals surface area (Å²) >= 11 is 10.5. The summed E-state index contributed by atoms with van der Waals surface area (Å²) in [5.74, 6) is -1.97. The average molecular weight is 281 g/mol. The molecule has 0 aromatic carbocycles. The van der Waals surface area contributed by atoms with Crippen LogP contribution >= 0.6 is 23.2 Å². The minimum Gasteiger partial charge on any atom is -0.460 e. The Hall–Kier alpha value is -1.07. The van der Waals surface area contributed by atoms with E-state index in [1.165, 1.54) is 6.08 Å². The van der Waals surface area contributed by atoms with Crippen molar-refractivity contribution in [2.24, 2.45) is 0 Å². The van der Waals surface area contributed by atoms with Gasteiger partial charge in [-0.3, -0.25) is 14.4 Å². The number of rotatable bonds is 5. The molecule has 0 amide bonds. The second kappa shape index (κ2) is 6.61. The third-order valence-corrected chi connectivity index (χ3v) is 2.46. The Morgan fingerprint density at radius 2 is 1.94 bits per heavy atom. The quantitative estimate of drug-likeness (QED) is 0.551. The first-order valence-electron chi connectivity index (χ1n) is 4.77. The largest absolute Gasteiger partial charge is 0.460 e. The first-order chi connectivity index (χ1) is 8.06. The van der Waals surface area contributed by atoms with Crippen LogP contribution in [0.15, 0.2) is 11.6 Å². The highest BCUT2D eigenvalue weighted by atomic mass is 35.5. The minimum atomic E-state index is -0.626. The van der Waals surface area contributed by atoms with Gasteiger partial charge in [0.05, 0.1) is 6.42 Å². The van der Waals surface area contributed by atoms with Gasteiger partial charge < -0.3 is 9.47 Å². The molecule has 17 heavy (non-hydrogen) atoms. The number of ether oxygens (including phenoxy) is 2. The predicted octanol–water partition coefficient (Wildman–Crippen LogP) is 0.818. The summed E-state index contributed by atoms with van der Waals surface area (Å²) in [5.41, 5.74) is 0.302. The number of alkyl halides is 2. The monoisotopic (exact) mass is 280 g/mol. The van der Waals surface area contributed by atoms with Crippen LogP contribution in [0.3, 0.4) is 0 Å². The van der Waals surface area contributed by atoms with E-state index in [9.17, 15) is 14.4 Å². The third kappa shape index (κ3) is 4.36. The zero-order valence-electron chi connectivity index (χ0n) is 8.78. The maximum Gasteiger partial charge on any atom is 0.321 e. The normalized spacial score (nSPS) is 18.8. The van der Waals surface area contributed by atoms with Crippen LogP contribution in [-0.4, -0.2) is 42.2 Å². The molecule has 1 aliphatic rings. The van der Waals surface area contributed by atoms with Crippen LogP contribution < -0.4 is 0 Å². The summed E-state index contributed by atoms with van der Waals surface area (Å²) in [6, 6.07) is 0. The predicted molar refractivity (Wildman–Crippen MR) is 60.0 cm³/mol. The van der Waals surface area contributed by atoms with Crippen molar-refractivity contribution in [3.63, 3.8) is 0 Å². The van der Waals surface area contributed by atoms with E-state index in [0.29, 0.717) is 5.57 Å². The molecule has 1 unspecified atom stereocenters. The molecule has 0 saturated carbocycles. The Kier molecular flexibility index (Phi) is 5.44. The summed E-state index contributed by atoms with van der Waals surface area (Å²) in [6.45, 7) is -0.153. The van der Waals surface area contributed by atoms with Crippen molar-refractivity contribution < 1.29 is 23.9 Å². The van der Waals surface area contributed by atoms with Gasteiger partial charge in [-0.15, -0.1) is 23.2 Å². The van der Waals surface area contributed by atoms with E-state index < -0.39 is 18.0 Å². The van der Waals surface area contributed by atoms with Crippen molar-refractivity contribution >= 4 is 40.9 Å². The lowest BCUT2D eigenvalue weighted by Gasteiger charge is -2.06. The van der Waals surface area contributed by atoms with Gasteiger partial charge in [0.25, 0.3) is 0 Å². The Bertz CT molecular complexity index is 364. The third-order valence-electron chi connectivity index (χ3n) is 2.02. The van der Waals surface area contributed by atoms with Gasteiger partial charge in [-0.2, -0.15) is 0 Å². The molecule has 1 rings (SSSR count). The summed E-state index contributed by atoms with van der Waals surface area (Å²) in [5, 5.41) is 0. The maximum atomic E-state index is 11.4. The lowest BCUT2D eigenvalue weighted by Crippen LogP contribution is -2.16. The number of esters is 2. The van der Waals surface area contributed by atoms with E-state index in [-0.39, 0.29) is 30.6 Å². The highest BCUT2D eigenvalue weighted by Crippen LogP contribution is 2.18. The van der Waals surface area contributed by atoms with E-state index >= 15 is 0 Å². The molecule has 0 heterocycles. The number of carbonyl (C=O) groups excluding carboxylic acids is 3. The van der Waals surface area contributed by atoms with Crippen molar-refractivity contribution in [2.45, 2.75) is 12.5 Å². The first kappa shape index (κ1) is 14.0. The molecule has 0 saturated heterocycles. The number of hydrogen-bond donors (Lipinski definition) is 0. The number of hydrogen-bond acceptors (Lipinski definition) is 5. The van der Waals surface area contributed by atoms with Gasteiger partial charge in [0, 0.05) is 5.57 Å². The van der Waals surface area contributed by atoms with Crippen LogP contribution in [0.2, 0.25) is 0 Å². The molecular formula is C10H10Cl2O5. The lowest BCUT2D eigenvalue weighted by molar-refractivity contribution is -0.144. The van der Waals surface area contributed by atoms with E-state index in [2.05, 4.69) is 0 Å². The van der Waals surface area contributed by atoms with Crippen LogP contribution in [0.4, 0.5) is 0 Å². The van der Waals surface area contributed by atoms with Crippen molar-refractivity contribution in [3.05, 3.63) is 11.6 Å². The van der Waals surface area contributed by atoms with Gasteiger partial charge in [-0.25, -0.2) is 0 Å². The van der Waals surface area contributed by atoms with Crippen molar-refractivity contribution in [3.8, 4) is 0 Å². The van der Waals surface area contributed by atoms with Crippen molar-refractivity contribution in [2.75, 3.05) is 18.4 Å². The summed E-state index contributed by atoms with van der Waals surface area (Å²) < 4.78 is 9.56. The molecule has 5 nitrogen and oxygen atoms in total. The molecule has 94 valence electrons. The van der Waals surface area contributed by atoms with Gasteiger partial charge >= 0.3 is 11.9 Å². The molecule has 7 heteroatoms. The first-order valence-corrected chi connectivity index (χ1v) is 5.84. The Morgan fingerprint density at radius 1 is 1.29 bits per heavy atom. The van der Waals surface area contributed by atoms with Crippen LogP contribution in [0.25, 0.3) is 0 Å². The number of halogens is 2. The van der Waals surface area contributed by atoms with Gasteiger partial charge in [0.2, 0.25) is 0 Å². The molecule has 0 radical (unpaired) electrons. The van der Waals surface area contributed by atoms with E-state index in [4.69, 9.17) is 32.7 Å². The molecule has 0 aromatic rings. The second-order valence-corrected chi connectivity index (χ2v) is 3.81. The fourth-order valence-corrected chi connectivity index (χ4v) is 1.43. The molecule has 0 fully saturated rings. The average Bonchev–Trinajstić information content (AvgIpc) is 2.66. The molecule has 0 spiro atoms. The van der Waals surface area contributed by atoms with Gasteiger partial charge in [0.1, 0.15) is 24.5 Å². The molecule has 0 bridgehead atoms. The lowest BCUT2D eigenvalue weighted by atomic mass is 10.2. The summed E-state index contributed by atoms with van der Waals surface area (Å²) in [7, 11) is 0. The highest BCUT2D eigenvalue weighted by Gasteiger charge is 2.27. The number of Topliss-reactive ketones (excluding diaryl/α,β-unsaturated/α-hetero) is 1. The zero-order valence-corrected chi connectivity index (χ0v) is 10.3. The van der Waals surface area contributed by atoms with Gasteiger partial charge in [-0.05, 0) is 6.08 Å². The topological polar surface area (TPSA) is 69.7 Å². The van der Waals surface area contributed by atoms with E-state index in [1.807, 2.05) is 0 Å². The fraction of sp³-hybridized carbons (Fsp3) is 0.500. The standard InChI is InChI=1S/C10H10Cl2O5/c11-3-9(14)16-5-6-1-7(2-8(6)13)17-10(15)4-12/h1,7H,2-5H2. The van der Waals surface area contributed by atoms with Gasteiger partial charge in [0.15, 0.2) is 5.78 Å². The van der Waals surface area contributed by atoms with Crippen LogP contribution in [-0.2, 0) is 23.9 Å². The van der Waals surface area contributed by atoms with Crippen LogP contribution in [0.5, 0.6) is 0 Å². The van der Waals surface area contributed by atoms with Crippen molar-refractivity contribution in [1.29, 1.82) is 0 Å². The molecule has 0 aliphatic heterocycles. The van der Waals surface area contributed by atoms with E-state index in [0.717, 1.165) is 0 Å². The van der Waals surface area contributed by atoms with Crippen LogP contribution in [0, 0.1) is 0 Å². The molecule has 1 atom stereocenters. The second-order valence-electron chi connectivity index (χ2n) is 3.28. The van der Waals surface area contributed by atoms with E-state index in [1.54, 1.807) is 0 Å². The summed E-state index contributed by atoms with van der Waals surface area (Å²) in [4.78, 5) is 33.1. The Balaban J connectivity index is 2.49. The number of carbonyl (C=O) groups is 3. The Morgan fingerprint density at radius 3 is 2.53 bits per heavy atom. The molecule has 0 aromatic heterocycles. The maximum absolute atomic E-state index is 11.4. The van der Waals surface area contributed by atoms with Gasteiger partial charge in [-0.1, -0.05) is 0 Å². The number of ketones is 1. The highest BCUT2D eigenvalue weighted by molar-refractivity contribution is 6.26. The van der Waals surface area contributed by atoms with Crippen LogP contribution in [0.1, 0.15) is 6.42 Å². The van der Waals surface area contributed by atoms with Crippen molar-refractivity contribution in [1.82, 2.24) is 0 Å². The zero-order chi connectivity index (χ0) is 12.8.